The summed E-state index contributed by atoms with van der Waals surface area (Å²) in [4.78, 5) is 16.3. The number of carbonyl (C=O) groups excluding carboxylic acids is 1. The molecule has 1 atom stereocenters. The molecule has 0 saturated carbocycles. The van der Waals surface area contributed by atoms with Gasteiger partial charge in [-0.05, 0) is 41.3 Å². The second-order valence-corrected chi connectivity index (χ2v) is 7.99. The van der Waals surface area contributed by atoms with Crippen LogP contribution in [0.4, 0.5) is 0 Å². The summed E-state index contributed by atoms with van der Waals surface area (Å²) in [6, 6.07) is 12.6. The third-order valence-corrected chi connectivity index (χ3v) is 5.52. The molecule has 1 aromatic carbocycles. The van der Waals surface area contributed by atoms with Gasteiger partial charge in [-0.1, -0.05) is 44.2 Å². The van der Waals surface area contributed by atoms with Crippen LogP contribution >= 0.6 is 11.3 Å². The molecule has 3 rings (SSSR count). The number of nitrogens with zero attached hydrogens (tertiary/aromatic N) is 1. The monoisotopic (exact) mass is 342 g/mol. The highest BCUT2D eigenvalue weighted by Gasteiger charge is 2.21. The Morgan fingerprint density at radius 1 is 1.25 bits per heavy atom. The molecule has 4 heteroatoms. The summed E-state index contributed by atoms with van der Waals surface area (Å²) in [7, 11) is 0. The van der Waals surface area contributed by atoms with Crippen molar-refractivity contribution in [3.8, 4) is 0 Å². The van der Waals surface area contributed by atoms with Gasteiger partial charge < -0.3 is 5.32 Å². The molecule has 0 bridgehead atoms. The minimum Gasteiger partial charge on any atom is -0.348 e. The molecule has 0 radical (unpaired) electrons. The van der Waals surface area contributed by atoms with E-state index >= 15 is 0 Å². The molecule has 24 heavy (non-hydrogen) atoms. The minimum atomic E-state index is 0.0974. The zero-order valence-electron chi connectivity index (χ0n) is 14.5. The predicted octanol–water partition coefficient (Wildman–Crippen LogP) is 4.01. The van der Waals surface area contributed by atoms with Gasteiger partial charge in [-0.25, -0.2) is 0 Å². The van der Waals surface area contributed by atoms with Crippen molar-refractivity contribution in [2.24, 2.45) is 5.92 Å². The lowest BCUT2D eigenvalue weighted by atomic mass is 9.97. The normalized spacial score (nSPS) is 16.0. The largest absolute Gasteiger partial charge is 0.348 e. The highest BCUT2D eigenvalue weighted by Crippen LogP contribution is 2.24. The molecule has 2 heterocycles. The first kappa shape index (κ1) is 17.2. The van der Waals surface area contributed by atoms with Gasteiger partial charge in [0, 0.05) is 18.0 Å². The topological polar surface area (TPSA) is 32.3 Å². The van der Waals surface area contributed by atoms with Gasteiger partial charge in [-0.3, -0.25) is 9.69 Å². The molecule has 1 aromatic heterocycles. The number of fused-ring (bicyclic) bond motifs is 1. The van der Waals surface area contributed by atoms with Crippen LogP contribution in [0.2, 0.25) is 0 Å². The maximum absolute atomic E-state index is 12.6. The van der Waals surface area contributed by atoms with E-state index < -0.39 is 0 Å². The smallest absolute Gasteiger partial charge is 0.234 e. The number of amides is 1. The van der Waals surface area contributed by atoms with Crippen LogP contribution in [0, 0.1) is 5.92 Å². The van der Waals surface area contributed by atoms with Gasteiger partial charge in [-0.2, -0.15) is 0 Å². The number of nitrogens with one attached hydrogen (secondary N) is 1. The third kappa shape index (κ3) is 4.46. The molecule has 2 aromatic rings. The minimum absolute atomic E-state index is 0.0974. The zero-order valence-corrected chi connectivity index (χ0v) is 15.3. The average Bonchev–Trinajstić information content (AvgIpc) is 3.02. The van der Waals surface area contributed by atoms with Crippen molar-refractivity contribution in [2.75, 3.05) is 13.1 Å². The van der Waals surface area contributed by atoms with Gasteiger partial charge in [0.1, 0.15) is 0 Å². The van der Waals surface area contributed by atoms with E-state index in [9.17, 15) is 4.79 Å². The van der Waals surface area contributed by atoms with Crippen molar-refractivity contribution in [3.05, 3.63) is 57.8 Å². The molecule has 1 amide bonds. The molecular formula is C20H26N2OS. The van der Waals surface area contributed by atoms with Gasteiger partial charge >= 0.3 is 0 Å². The highest BCUT2D eigenvalue weighted by molar-refractivity contribution is 7.10. The van der Waals surface area contributed by atoms with Crippen molar-refractivity contribution < 1.29 is 4.79 Å². The Kier molecular flexibility index (Phi) is 5.69. The second-order valence-electron chi connectivity index (χ2n) is 6.99. The Balaban J connectivity index is 1.59. The van der Waals surface area contributed by atoms with Gasteiger partial charge in [-0.15, -0.1) is 11.3 Å². The van der Waals surface area contributed by atoms with E-state index in [0.717, 1.165) is 25.9 Å². The molecule has 0 fully saturated rings. The Bertz CT molecular complexity index is 665. The van der Waals surface area contributed by atoms with E-state index in [4.69, 9.17) is 0 Å². The molecular weight excluding hydrogens is 316 g/mol. The Labute approximate surface area is 148 Å². The van der Waals surface area contributed by atoms with Crippen molar-refractivity contribution in [1.82, 2.24) is 10.2 Å². The quantitative estimate of drug-likeness (QED) is 0.860. The molecule has 0 spiro atoms. The Morgan fingerprint density at radius 3 is 2.79 bits per heavy atom. The van der Waals surface area contributed by atoms with Gasteiger partial charge in [0.15, 0.2) is 0 Å². The van der Waals surface area contributed by atoms with Crippen molar-refractivity contribution in [2.45, 2.75) is 39.3 Å². The third-order valence-electron chi connectivity index (χ3n) is 4.50. The number of rotatable bonds is 6. The summed E-state index contributed by atoms with van der Waals surface area (Å²) >= 11 is 1.83. The average molecular weight is 343 g/mol. The molecule has 128 valence electrons. The van der Waals surface area contributed by atoms with Gasteiger partial charge in [0.05, 0.1) is 12.6 Å². The summed E-state index contributed by atoms with van der Waals surface area (Å²) in [5, 5.41) is 5.41. The fourth-order valence-corrected chi connectivity index (χ4v) is 4.21. The molecule has 0 unspecified atom stereocenters. The van der Waals surface area contributed by atoms with E-state index in [2.05, 4.69) is 47.6 Å². The predicted molar refractivity (Wildman–Crippen MR) is 100 cm³/mol. The Morgan fingerprint density at radius 2 is 2.04 bits per heavy atom. The van der Waals surface area contributed by atoms with E-state index in [1.165, 1.54) is 16.0 Å². The van der Waals surface area contributed by atoms with Gasteiger partial charge in [0.2, 0.25) is 5.91 Å². The van der Waals surface area contributed by atoms with E-state index in [0.29, 0.717) is 12.5 Å². The zero-order chi connectivity index (χ0) is 16.9. The molecule has 1 aliphatic rings. The molecule has 0 aliphatic carbocycles. The fraction of sp³-hybridized carbons (Fsp3) is 0.450. The number of hydrogen-bond donors (Lipinski definition) is 1. The first-order valence-corrected chi connectivity index (χ1v) is 9.61. The maximum atomic E-state index is 12.6. The maximum Gasteiger partial charge on any atom is 0.234 e. The summed E-state index contributed by atoms with van der Waals surface area (Å²) in [6.45, 7) is 6.75. The molecule has 0 saturated heterocycles. The van der Waals surface area contributed by atoms with Crippen LogP contribution in [0.3, 0.4) is 0 Å². The first-order chi connectivity index (χ1) is 11.6. The van der Waals surface area contributed by atoms with Crippen LogP contribution in [0.1, 0.15) is 42.3 Å². The lowest BCUT2D eigenvalue weighted by Crippen LogP contribution is -2.41. The lowest BCUT2D eigenvalue weighted by molar-refractivity contribution is -0.123. The van der Waals surface area contributed by atoms with Crippen LogP contribution < -0.4 is 5.32 Å². The number of thiophene rings is 1. The van der Waals surface area contributed by atoms with Crippen LogP contribution in [-0.4, -0.2) is 23.9 Å². The van der Waals surface area contributed by atoms with E-state index in [-0.39, 0.29) is 11.9 Å². The first-order valence-electron chi connectivity index (χ1n) is 8.73. The van der Waals surface area contributed by atoms with Crippen LogP contribution in [-0.2, 0) is 17.8 Å². The van der Waals surface area contributed by atoms with Gasteiger partial charge in [0.25, 0.3) is 0 Å². The number of carbonyl (C=O) groups is 1. The SMILES string of the molecule is CC(C)C[C@@H](NC(=O)CN1CCc2sccc2C1)c1ccccc1. The van der Waals surface area contributed by atoms with Crippen LogP contribution in [0.5, 0.6) is 0 Å². The summed E-state index contributed by atoms with van der Waals surface area (Å²) in [5.41, 5.74) is 2.58. The van der Waals surface area contributed by atoms with Crippen molar-refractivity contribution in [3.63, 3.8) is 0 Å². The summed E-state index contributed by atoms with van der Waals surface area (Å²) in [6.07, 6.45) is 2.03. The lowest BCUT2D eigenvalue weighted by Gasteiger charge is -2.28. The van der Waals surface area contributed by atoms with Crippen molar-refractivity contribution >= 4 is 17.2 Å². The number of hydrogen-bond acceptors (Lipinski definition) is 3. The summed E-state index contributed by atoms with van der Waals surface area (Å²) < 4.78 is 0. The fourth-order valence-electron chi connectivity index (χ4n) is 3.32. The van der Waals surface area contributed by atoms with E-state index in [1.807, 2.05) is 29.5 Å². The molecule has 1 N–H and O–H groups in total. The highest BCUT2D eigenvalue weighted by atomic mass is 32.1. The molecule has 3 nitrogen and oxygen atoms in total. The van der Waals surface area contributed by atoms with Crippen LogP contribution in [0.15, 0.2) is 41.8 Å². The van der Waals surface area contributed by atoms with Crippen LogP contribution in [0.25, 0.3) is 0 Å². The Hall–Kier alpha value is -1.65. The second kappa shape index (κ2) is 7.95. The van der Waals surface area contributed by atoms with E-state index in [1.54, 1.807) is 0 Å². The standard InChI is InChI=1S/C20H26N2OS/c1-15(2)12-18(16-6-4-3-5-7-16)21-20(23)14-22-10-8-19-17(13-22)9-11-24-19/h3-7,9,11,15,18H,8,10,12-14H2,1-2H3,(H,21,23)/t18-/m1/s1. The van der Waals surface area contributed by atoms with Crippen molar-refractivity contribution in [1.29, 1.82) is 0 Å². The summed E-state index contributed by atoms with van der Waals surface area (Å²) in [5.74, 6) is 0.669. The molecule has 1 aliphatic heterocycles. The number of benzene rings is 1.